The normalized spacial score (nSPS) is 25.1. The van der Waals surface area contributed by atoms with E-state index in [1.54, 1.807) is 7.11 Å². The molecule has 1 amide bonds. The fourth-order valence-electron chi connectivity index (χ4n) is 2.40. The fraction of sp³-hybridized carbons (Fsp3) is 0.533. The second-order valence-corrected chi connectivity index (χ2v) is 4.87. The van der Waals surface area contributed by atoms with E-state index in [4.69, 9.17) is 9.47 Å². The lowest BCUT2D eigenvalue weighted by Crippen LogP contribution is -2.52. The highest BCUT2D eigenvalue weighted by atomic mass is 16.5. The quantitative estimate of drug-likeness (QED) is 0.837. The second-order valence-electron chi connectivity index (χ2n) is 4.87. The first-order chi connectivity index (χ1) is 9.15. The van der Waals surface area contributed by atoms with Crippen molar-refractivity contribution in [1.82, 2.24) is 4.90 Å². The SMILES string of the molecule is COC(C(=O)N1CCO[C@H](C)[C@@H]1C)c1ccccc1. The van der Waals surface area contributed by atoms with E-state index < -0.39 is 6.10 Å². The van der Waals surface area contributed by atoms with Gasteiger partial charge in [0.15, 0.2) is 6.10 Å². The predicted octanol–water partition coefficient (Wildman–Crippen LogP) is 2.01. The third kappa shape index (κ3) is 2.96. The Balaban J connectivity index is 2.17. The summed E-state index contributed by atoms with van der Waals surface area (Å²) in [6, 6.07) is 9.67. The molecule has 1 heterocycles. The standard InChI is InChI=1S/C15H21NO3/c1-11-12(2)19-10-9-16(11)15(17)14(18-3)13-7-5-4-6-8-13/h4-8,11-12,14H,9-10H2,1-3H3/t11-,12+,14?/m0/s1. The average Bonchev–Trinajstić information content (AvgIpc) is 2.44. The molecule has 19 heavy (non-hydrogen) atoms. The number of rotatable bonds is 3. The van der Waals surface area contributed by atoms with Crippen LogP contribution in [0.1, 0.15) is 25.5 Å². The van der Waals surface area contributed by atoms with Crippen LogP contribution in [0.4, 0.5) is 0 Å². The van der Waals surface area contributed by atoms with E-state index in [9.17, 15) is 4.79 Å². The molecule has 0 bridgehead atoms. The van der Waals surface area contributed by atoms with Crippen molar-refractivity contribution in [2.75, 3.05) is 20.3 Å². The topological polar surface area (TPSA) is 38.8 Å². The Labute approximate surface area is 114 Å². The predicted molar refractivity (Wildman–Crippen MR) is 72.8 cm³/mol. The highest BCUT2D eigenvalue weighted by Gasteiger charge is 2.33. The Bertz CT molecular complexity index is 421. The zero-order chi connectivity index (χ0) is 13.8. The molecule has 0 aliphatic carbocycles. The molecular weight excluding hydrogens is 242 g/mol. The molecule has 4 heteroatoms. The summed E-state index contributed by atoms with van der Waals surface area (Å²) in [6.07, 6.45) is -0.472. The summed E-state index contributed by atoms with van der Waals surface area (Å²) in [5.41, 5.74) is 0.890. The molecule has 1 aromatic carbocycles. The van der Waals surface area contributed by atoms with Crippen molar-refractivity contribution in [1.29, 1.82) is 0 Å². The first-order valence-corrected chi connectivity index (χ1v) is 6.65. The van der Waals surface area contributed by atoms with E-state index in [0.717, 1.165) is 5.56 Å². The maximum absolute atomic E-state index is 12.6. The summed E-state index contributed by atoms with van der Waals surface area (Å²) in [5.74, 6) is 0.0105. The average molecular weight is 263 g/mol. The maximum atomic E-state index is 12.6. The molecule has 0 aromatic heterocycles. The second kappa shape index (κ2) is 6.17. The summed E-state index contributed by atoms with van der Waals surface area (Å²) in [4.78, 5) is 14.5. The lowest BCUT2D eigenvalue weighted by atomic mass is 10.1. The third-order valence-corrected chi connectivity index (χ3v) is 3.73. The van der Waals surface area contributed by atoms with Crippen LogP contribution in [0.3, 0.4) is 0 Å². The first-order valence-electron chi connectivity index (χ1n) is 6.65. The molecule has 0 spiro atoms. The van der Waals surface area contributed by atoms with Gasteiger partial charge in [0.2, 0.25) is 0 Å². The van der Waals surface area contributed by atoms with Crippen LogP contribution in [0.25, 0.3) is 0 Å². The Hall–Kier alpha value is -1.39. The number of hydrogen-bond acceptors (Lipinski definition) is 3. The molecule has 1 saturated heterocycles. The third-order valence-electron chi connectivity index (χ3n) is 3.73. The molecule has 2 rings (SSSR count). The number of hydrogen-bond donors (Lipinski definition) is 0. The van der Waals surface area contributed by atoms with Crippen molar-refractivity contribution in [3.8, 4) is 0 Å². The van der Waals surface area contributed by atoms with Gasteiger partial charge >= 0.3 is 0 Å². The van der Waals surface area contributed by atoms with Crippen molar-refractivity contribution >= 4 is 5.91 Å². The molecule has 1 unspecified atom stereocenters. The molecule has 4 nitrogen and oxygen atoms in total. The molecule has 1 aliphatic rings. The number of benzene rings is 1. The van der Waals surface area contributed by atoms with Crippen LogP contribution in [-0.4, -0.2) is 43.2 Å². The monoisotopic (exact) mass is 263 g/mol. The lowest BCUT2D eigenvalue weighted by Gasteiger charge is -2.39. The number of carbonyl (C=O) groups is 1. The van der Waals surface area contributed by atoms with E-state index in [1.165, 1.54) is 0 Å². The minimum Gasteiger partial charge on any atom is -0.375 e. The number of ether oxygens (including phenoxy) is 2. The van der Waals surface area contributed by atoms with Crippen LogP contribution in [0, 0.1) is 0 Å². The van der Waals surface area contributed by atoms with Crippen LogP contribution in [0.15, 0.2) is 30.3 Å². The largest absolute Gasteiger partial charge is 0.375 e. The molecule has 1 aliphatic heterocycles. The van der Waals surface area contributed by atoms with E-state index in [0.29, 0.717) is 13.2 Å². The molecule has 0 N–H and O–H groups in total. The summed E-state index contributed by atoms with van der Waals surface area (Å²) < 4.78 is 11.0. The van der Waals surface area contributed by atoms with Crippen LogP contribution >= 0.6 is 0 Å². The molecule has 1 fully saturated rings. The van der Waals surface area contributed by atoms with Crippen LogP contribution < -0.4 is 0 Å². The lowest BCUT2D eigenvalue weighted by molar-refractivity contribution is -0.155. The van der Waals surface area contributed by atoms with Crippen LogP contribution in [-0.2, 0) is 14.3 Å². The van der Waals surface area contributed by atoms with Gasteiger partial charge < -0.3 is 14.4 Å². The zero-order valence-electron chi connectivity index (χ0n) is 11.7. The van der Waals surface area contributed by atoms with Gasteiger partial charge in [0.05, 0.1) is 18.8 Å². The Morgan fingerprint density at radius 1 is 1.37 bits per heavy atom. The van der Waals surface area contributed by atoms with Gasteiger partial charge in [-0.3, -0.25) is 4.79 Å². The van der Waals surface area contributed by atoms with Crippen LogP contribution in [0.2, 0.25) is 0 Å². The Morgan fingerprint density at radius 2 is 2.05 bits per heavy atom. The van der Waals surface area contributed by atoms with E-state index >= 15 is 0 Å². The van der Waals surface area contributed by atoms with Gasteiger partial charge in [0.25, 0.3) is 5.91 Å². The molecule has 3 atom stereocenters. The Kier molecular flexibility index (Phi) is 4.56. The van der Waals surface area contributed by atoms with Gasteiger partial charge in [-0.1, -0.05) is 30.3 Å². The number of carbonyl (C=O) groups excluding carboxylic acids is 1. The summed E-state index contributed by atoms with van der Waals surface area (Å²) in [6.45, 7) is 5.22. The number of methoxy groups -OCH3 is 1. The van der Waals surface area contributed by atoms with Gasteiger partial charge in [-0.15, -0.1) is 0 Å². The van der Waals surface area contributed by atoms with Crippen molar-refractivity contribution in [3.63, 3.8) is 0 Å². The molecule has 0 saturated carbocycles. The van der Waals surface area contributed by atoms with Gasteiger partial charge in [0, 0.05) is 13.7 Å². The van der Waals surface area contributed by atoms with E-state index in [-0.39, 0.29) is 18.1 Å². The fourth-order valence-corrected chi connectivity index (χ4v) is 2.40. The summed E-state index contributed by atoms with van der Waals surface area (Å²) in [7, 11) is 1.57. The van der Waals surface area contributed by atoms with Crippen molar-refractivity contribution < 1.29 is 14.3 Å². The van der Waals surface area contributed by atoms with Gasteiger partial charge in [-0.2, -0.15) is 0 Å². The van der Waals surface area contributed by atoms with Gasteiger partial charge in [0.1, 0.15) is 0 Å². The summed E-state index contributed by atoms with van der Waals surface area (Å²) in [5, 5.41) is 0. The molecular formula is C15H21NO3. The Morgan fingerprint density at radius 3 is 2.68 bits per heavy atom. The number of amides is 1. The molecule has 104 valence electrons. The first kappa shape index (κ1) is 14.0. The van der Waals surface area contributed by atoms with Crippen molar-refractivity contribution in [2.24, 2.45) is 0 Å². The zero-order valence-corrected chi connectivity index (χ0v) is 11.7. The number of morpholine rings is 1. The molecule has 1 aromatic rings. The van der Waals surface area contributed by atoms with Gasteiger partial charge in [-0.05, 0) is 19.4 Å². The van der Waals surface area contributed by atoms with Crippen molar-refractivity contribution in [2.45, 2.75) is 32.1 Å². The highest BCUT2D eigenvalue weighted by molar-refractivity contribution is 5.82. The summed E-state index contributed by atoms with van der Waals surface area (Å²) >= 11 is 0. The number of nitrogens with zero attached hydrogens (tertiary/aromatic N) is 1. The maximum Gasteiger partial charge on any atom is 0.256 e. The van der Waals surface area contributed by atoms with E-state index in [1.807, 2.05) is 49.1 Å². The smallest absolute Gasteiger partial charge is 0.256 e. The minimum absolute atomic E-state index is 0.0105. The molecule has 0 radical (unpaired) electrons. The van der Waals surface area contributed by atoms with Crippen molar-refractivity contribution in [3.05, 3.63) is 35.9 Å². The van der Waals surface area contributed by atoms with E-state index in [2.05, 4.69) is 0 Å². The minimum atomic E-state index is -0.533. The van der Waals surface area contributed by atoms with Gasteiger partial charge in [-0.25, -0.2) is 0 Å². The highest BCUT2D eigenvalue weighted by Crippen LogP contribution is 2.23. The van der Waals surface area contributed by atoms with Crippen LogP contribution in [0.5, 0.6) is 0 Å².